The summed E-state index contributed by atoms with van der Waals surface area (Å²) in [5, 5.41) is 70.1. The third-order valence-corrected chi connectivity index (χ3v) is 3.40. The van der Waals surface area contributed by atoms with E-state index in [0.29, 0.717) is 0 Å². The zero-order chi connectivity index (χ0) is 26.0. The van der Waals surface area contributed by atoms with Gasteiger partial charge in [0.05, 0.1) is 0 Å². The Balaban J connectivity index is -0.000000529. The molecule has 0 aromatic heterocycles. The van der Waals surface area contributed by atoms with Gasteiger partial charge < -0.3 is 10.2 Å². The van der Waals surface area contributed by atoms with Gasteiger partial charge in [0.2, 0.25) is 0 Å². The van der Waals surface area contributed by atoms with Crippen molar-refractivity contribution < 1.29 is 100 Å². The molecule has 2 atom stereocenters. The molecule has 17 heteroatoms. The van der Waals surface area contributed by atoms with E-state index >= 15 is 0 Å². The summed E-state index contributed by atoms with van der Waals surface area (Å²) < 4.78 is 9.07. The molecule has 0 saturated heterocycles. The van der Waals surface area contributed by atoms with E-state index in [2.05, 4.69) is 65.1 Å². The van der Waals surface area contributed by atoms with E-state index in [1.165, 1.54) is 27.7 Å². The summed E-state index contributed by atoms with van der Waals surface area (Å²) in [4.78, 5) is 22.1. The van der Waals surface area contributed by atoms with Crippen LogP contribution in [0.15, 0.2) is 48.6 Å². The summed E-state index contributed by atoms with van der Waals surface area (Å²) in [6.45, 7) is 18.0. The largest absolute Gasteiger partial charge is 0.366 e. The van der Waals surface area contributed by atoms with Crippen LogP contribution >= 0.6 is 0 Å². The van der Waals surface area contributed by atoms with Gasteiger partial charge in [-0.2, -0.15) is 29.3 Å². The average Bonchev–Trinajstić information content (AvgIpc) is 2.75. The van der Waals surface area contributed by atoms with E-state index in [0.717, 1.165) is 0 Å². The maximum absolute atomic E-state index is 9.53. The average molecular weight is 542 g/mol. The van der Waals surface area contributed by atoms with Gasteiger partial charge in [-0.25, -0.2) is 31.5 Å². The second kappa shape index (κ2) is 15.0. The van der Waals surface area contributed by atoms with Crippen molar-refractivity contribution in [1.29, 1.82) is 0 Å². The van der Waals surface area contributed by atoms with Gasteiger partial charge in [-0.05, 0) is 27.7 Å². The maximum Gasteiger partial charge on any atom is 0.366 e. The van der Waals surface area contributed by atoms with E-state index < -0.39 is 23.9 Å². The Bertz CT molecular complexity index is 605. The quantitative estimate of drug-likeness (QED) is 0.0514. The van der Waals surface area contributed by atoms with Crippen LogP contribution in [0.5, 0.6) is 0 Å². The molecule has 2 unspecified atom stereocenters. The van der Waals surface area contributed by atoms with Gasteiger partial charge in [0, 0.05) is 41.8 Å². The fourth-order valence-electron chi connectivity index (χ4n) is 1.33. The van der Waals surface area contributed by atoms with Gasteiger partial charge >= 0.3 is 23.9 Å². The van der Waals surface area contributed by atoms with Crippen molar-refractivity contribution in [2.75, 3.05) is 0 Å². The third-order valence-electron chi connectivity index (χ3n) is 3.40. The second-order valence-electron chi connectivity index (χ2n) is 6.15. The van der Waals surface area contributed by atoms with Crippen LogP contribution in [0.3, 0.4) is 0 Å². The Morgan fingerprint density at radius 1 is 0.485 bits per heavy atom. The monoisotopic (exact) mass is 540 g/mol. The van der Waals surface area contributed by atoms with Crippen molar-refractivity contribution in [1.82, 2.24) is 0 Å². The number of rotatable bonds is 14. The predicted octanol–water partition coefficient (Wildman–Crippen LogP) is 1.85. The minimum atomic E-state index is -2.76. The molecule has 0 fully saturated rings. The van der Waals surface area contributed by atoms with Crippen molar-refractivity contribution in [3.63, 3.8) is 0 Å². The first kappa shape index (κ1) is 36.5. The third kappa shape index (κ3) is 9.25. The SMILES string of the molecule is C=C(C)C(O)(OO)OC(OO)(OO)C(=C)C.C=C(C)C(O)(OO)OC(OO)(OO)C(=C)C.[Zn]. The Labute approximate surface area is 200 Å². The van der Waals surface area contributed by atoms with Crippen molar-refractivity contribution >= 4 is 0 Å². The Morgan fingerprint density at radius 3 is 0.788 bits per heavy atom. The molecule has 0 aromatic rings. The van der Waals surface area contributed by atoms with Crippen LogP contribution in [0, 0.1) is 0 Å². The molecule has 0 rings (SSSR count). The number of ether oxygens (including phenoxy) is 2. The van der Waals surface area contributed by atoms with Crippen LogP contribution in [-0.4, -0.2) is 65.6 Å². The first-order valence-electron chi connectivity index (χ1n) is 8.00. The Morgan fingerprint density at radius 2 is 0.697 bits per heavy atom. The molecule has 8 N–H and O–H groups in total. The molecule has 0 radical (unpaired) electrons. The van der Waals surface area contributed by atoms with Gasteiger partial charge in [-0.15, -0.1) is 0 Å². The molecule has 16 nitrogen and oxygen atoms in total. The number of hydrogen-bond donors (Lipinski definition) is 8. The molecule has 0 aliphatic carbocycles. The topological polar surface area (TPSA) is 236 Å². The second-order valence-corrected chi connectivity index (χ2v) is 6.15. The molecule has 0 saturated carbocycles. The zero-order valence-corrected chi connectivity index (χ0v) is 21.3. The minimum Gasteiger partial charge on any atom is -0.338 e. The van der Waals surface area contributed by atoms with E-state index in [1.807, 2.05) is 0 Å². The van der Waals surface area contributed by atoms with Crippen molar-refractivity contribution in [2.45, 2.75) is 51.6 Å². The van der Waals surface area contributed by atoms with Crippen LogP contribution in [0.25, 0.3) is 0 Å². The van der Waals surface area contributed by atoms with E-state index in [9.17, 15) is 10.2 Å². The maximum atomic E-state index is 9.53. The zero-order valence-electron chi connectivity index (χ0n) is 18.4. The van der Waals surface area contributed by atoms with Gasteiger partial charge in [0.25, 0.3) is 0 Å². The molecule has 0 spiro atoms. The van der Waals surface area contributed by atoms with E-state index in [-0.39, 0.29) is 41.8 Å². The molecule has 0 heterocycles. The fraction of sp³-hybridized carbons (Fsp3) is 0.500. The van der Waals surface area contributed by atoms with Gasteiger partial charge in [0.15, 0.2) is 0 Å². The molecule has 0 amide bonds. The van der Waals surface area contributed by atoms with Crippen molar-refractivity contribution in [3.05, 3.63) is 48.6 Å². The fourth-order valence-corrected chi connectivity index (χ4v) is 1.33. The normalized spacial score (nSPS) is 15.2. The predicted molar refractivity (Wildman–Crippen MR) is 99.1 cm³/mol. The van der Waals surface area contributed by atoms with Crippen molar-refractivity contribution in [3.8, 4) is 0 Å². The number of hydrogen-bond acceptors (Lipinski definition) is 16. The van der Waals surface area contributed by atoms with Crippen LogP contribution in [0.4, 0.5) is 0 Å². The molecule has 33 heavy (non-hydrogen) atoms. The van der Waals surface area contributed by atoms with E-state index in [4.69, 9.17) is 31.5 Å². The first-order valence-corrected chi connectivity index (χ1v) is 8.00. The Hall–Kier alpha value is -1.06. The van der Waals surface area contributed by atoms with Gasteiger partial charge in [-0.1, -0.05) is 26.3 Å². The van der Waals surface area contributed by atoms with Crippen molar-refractivity contribution in [2.24, 2.45) is 0 Å². The van der Waals surface area contributed by atoms with Crippen LogP contribution < -0.4 is 0 Å². The first-order chi connectivity index (χ1) is 14.6. The standard InChI is InChI=1S/2C8H14O8.Zn/c2*1-5(2)7(9,14-10)13-8(15-11,16-12)6(3)4;/h2*9-12H,1,3H2,2,4H3;. The molecular formula is C16H28O16Zn. The Kier molecular flexibility index (Phi) is 16.6. The van der Waals surface area contributed by atoms with Gasteiger partial charge in [0.1, 0.15) is 0 Å². The minimum absolute atomic E-state index is 0. The summed E-state index contributed by atoms with van der Waals surface area (Å²) in [6, 6.07) is 0. The molecule has 0 aliphatic heterocycles. The molecule has 190 valence electrons. The van der Waals surface area contributed by atoms with Crippen LogP contribution in [0.1, 0.15) is 27.7 Å². The summed E-state index contributed by atoms with van der Waals surface area (Å²) in [6.07, 6.45) is 0. The summed E-state index contributed by atoms with van der Waals surface area (Å²) in [7, 11) is 0. The van der Waals surface area contributed by atoms with Crippen LogP contribution in [-0.2, 0) is 58.3 Å². The van der Waals surface area contributed by atoms with Gasteiger partial charge in [-0.3, -0.25) is 9.47 Å². The summed E-state index contributed by atoms with van der Waals surface area (Å²) in [5.74, 6) is -10.8. The molecular weight excluding hydrogens is 514 g/mol. The molecule has 0 aliphatic rings. The summed E-state index contributed by atoms with van der Waals surface area (Å²) in [5.41, 5.74) is -0.798. The smallest absolute Gasteiger partial charge is 0.338 e. The molecule has 0 aromatic carbocycles. The molecule has 0 bridgehead atoms. The number of aliphatic hydroxyl groups is 2. The van der Waals surface area contributed by atoms with Crippen LogP contribution in [0.2, 0.25) is 0 Å². The van der Waals surface area contributed by atoms with E-state index in [1.54, 1.807) is 0 Å². The summed E-state index contributed by atoms with van der Waals surface area (Å²) >= 11 is 0.